The molecule has 0 aliphatic rings. The number of carbonyl (C=O) groups is 1. The van der Waals surface area contributed by atoms with Crippen molar-refractivity contribution in [1.82, 2.24) is 4.72 Å². The largest absolute Gasteiger partial charge is 0.275 e. The lowest BCUT2D eigenvalue weighted by atomic mass is 10.2. The van der Waals surface area contributed by atoms with Gasteiger partial charge in [0.15, 0.2) is 0 Å². The van der Waals surface area contributed by atoms with Crippen LogP contribution in [0.15, 0.2) is 15.9 Å². The van der Waals surface area contributed by atoms with E-state index in [2.05, 4.69) is 20.7 Å². The average Bonchev–Trinajstić information content (AvgIpc) is 2.62. The summed E-state index contributed by atoms with van der Waals surface area (Å²) in [5, 5.41) is 1.72. The number of carbonyl (C=O) groups excluding carboxylic acids is 1. The third-order valence-corrected chi connectivity index (χ3v) is 5.61. The van der Waals surface area contributed by atoms with Crippen LogP contribution in [0, 0.1) is 5.92 Å². The van der Waals surface area contributed by atoms with E-state index in [0.29, 0.717) is 9.35 Å². The normalized spacial score (nSPS) is 13.4. The number of hydrogen-bond donors (Lipinski definition) is 1. The minimum Gasteiger partial charge on any atom is -0.267 e. The number of thiophene rings is 1. The van der Waals surface area contributed by atoms with E-state index >= 15 is 0 Å². The molecule has 7 heteroatoms. The zero-order valence-electron chi connectivity index (χ0n) is 9.57. The van der Waals surface area contributed by atoms with Crippen molar-refractivity contribution in [3.63, 3.8) is 0 Å². The maximum atomic E-state index is 11.7. The van der Waals surface area contributed by atoms with Crippen molar-refractivity contribution in [2.24, 2.45) is 5.92 Å². The lowest BCUT2D eigenvalue weighted by Crippen LogP contribution is -2.34. The summed E-state index contributed by atoms with van der Waals surface area (Å²) in [4.78, 5) is 12.1. The fraction of sp³-hybridized carbons (Fsp3) is 0.500. The van der Waals surface area contributed by atoms with E-state index in [1.54, 1.807) is 11.4 Å². The number of sulfonamides is 1. The molecule has 0 aromatic carbocycles. The molecule has 1 atom stereocenters. The first-order valence-corrected chi connectivity index (χ1v) is 8.46. The second-order valence-corrected chi connectivity index (χ2v) is 7.36. The second-order valence-electron chi connectivity index (χ2n) is 3.82. The average molecular weight is 340 g/mol. The summed E-state index contributed by atoms with van der Waals surface area (Å²) in [6.45, 7) is 3.75. The molecule has 1 N–H and O–H groups in total. The van der Waals surface area contributed by atoms with Gasteiger partial charge in [0.1, 0.15) is 4.88 Å². The van der Waals surface area contributed by atoms with Crippen molar-refractivity contribution in [2.75, 3.05) is 5.75 Å². The van der Waals surface area contributed by atoms with Gasteiger partial charge in [-0.1, -0.05) is 20.3 Å². The Morgan fingerprint density at radius 3 is 2.71 bits per heavy atom. The fourth-order valence-corrected chi connectivity index (χ4v) is 4.14. The van der Waals surface area contributed by atoms with Gasteiger partial charge in [0.05, 0.1) is 5.75 Å². The Balaban J connectivity index is 2.72. The highest BCUT2D eigenvalue weighted by molar-refractivity contribution is 9.10. The van der Waals surface area contributed by atoms with Gasteiger partial charge in [-0.2, -0.15) is 0 Å². The minimum absolute atomic E-state index is 0.0295. The van der Waals surface area contributed by atoms with Crippen LogP contribution in [0.1, 0.15) is 29.9 Å². The van der Waals surface area contributed by atoms with Gasteiger partial charge in [-0.3, -0.25) is 4.79 Å². The first kappa shape index (κ1) is 14.7. The third-order valence-electron chi connectivity index (χ3n) is 2.27. The number of amides is 1. The van der Waals surface area contributed by atoms with Crippen LogP contribution < -0.4 is 4.72 Å². The molecule has 0 aliphatic heterocycles. The Morgan fingerprint density at radius 2 is 2.24 bits per heavy atom. The molecule has 1 aromatic heterocycles. The maximum absolute atomic E-state index is 11.7. The molecular weight excluding hydrogens is 326 g/mol. The quantitative estimate of drug-likeness (QED) is 0.896. The van der Waals surface area contributed by atoms with Crippen LogP contribution in [0.4, 0.5) is 0 Å². The number of halogens is 1. The van der Waals surface area contributed by atoms with E-state index in [1.807, 2.05) is 13.8 Å². The molecule has 0 aliphatic carbocycles. The molecule has 4 nitrogen and oxygen atoms in total. The Bertz CT molecular complexity index is 495. The molecule has 0 spiro atoms. The fourth-order valence-electron chi connectivity index (χ4n) is 1.18. The van der Waals surface area contributed by atoms with Crippen molar-refractivity contribution >= 4 is 43.2 Å². The Morgan fingerprint density at radius 1 is 1.59 bits per heavy atom. The van der Waals surface area contributed by atoms with Gasteiger partial charge in [0.25, 0.3) is 5.91 Å². The van der Waals surface area contributed by atoms with Crippen LogP contribution in [0.5, 0.6) is 0 Å². The van der Waals surface area contributed by atoms with Crippen LogP contribution in [-0.2, 0) is 10.0 Å². The first-order chi connectivity index (χ1) is 7.85. The number of nitrogens with one attached hydrogen (secondary N) is 1. The van der Waals surface area contributed by atoms with Crippen molar-refractivity contribution in [2.45, 2.75) is 20.3 Å². The summed E-state index contributed by atoms with van der Waals surface area (Å²) in [7, 11) is -3.55. The van der Waals surface area contributed by atoms with Crippen LogP contribution in [-0.4, -0.2) is 20.1 Å². The van der Waals surface area contributed by atoms with Crippen molar-refractivity contribution in [1.29, 1.82) is 0 Å². The molecule has 0 saturated heterocycles. The Hall–Kier alpha value is -0.400. The van der Waals surface area contributed by atoms with Crippen LogP contribution in [0.25, 0.3) is 0 Å². The third kappa shape index (κ3) is 4.40. The number of rotatable bonds is 5. The molecular formula is C10H14BrNO3S2. The molecule has 1 heterocycles. The van der Waals surface area contributed by atoms with Crippen LogP contribution in [0.3, 0.4) is 0 Å². The zero-order chi connectivity index (χ0) is 13.1. The molecule has 1 amide bonds. The van der Waals surface area contributed by atoms with Gasteiger partial charge in [-0.25, -0.2) is 13.1 Å². The summed E-state index contributed by atoms with van der Waals surface area (Å²) < 4.78 is 26.0. The second kappa shape index (κ2) is 5.97. The predicted molar refractivity (Wildman–Crippen MR) is 72.7 cm³/mol. The SMILES string of the molecule is CCC(C)CS(=O)(=O)NC(=O)c1sccc1Br. The van der Waals surface area contributed by atoms with Crippen molar-refractivity contribution in [3.05, 3.63) is 20.8 Å². The first-order valence-electron chi connectivity index (χ1n) is 5.13. The highest BCUT2D eigenvalue weighted by Crippen LogP contribution is 2.22. The summed E-state index contributed by atoms with van der Waals surface area (Å²) >= 11 is 4.39. The highest BCUT2D eigenvalue weighted by atomic mass is 79.9. The van der Waals surface area contributed by atoms with Gasteiger partial charge in [0.2, 0.25) is 10.0 Å². The summed E-state index contributed by atoms with van der Waals surface area (Å²) in [5.74, 6) is -0.569. The van der Waals surface area contributed by atoms with E-state index in [0.717, 1.165) is 6.42 Å². The van der Waals surface area contributed by atoms with Gasteiger partial charge >= 0.3 is 0 Å². The monoisotopic (exact) mass is 339 g/mol. The van der Waals surface area contributed by atoms with Gasteiger partial charge in [-0.05, 0) is 33.3 Å². The topological polar surface area (TPSA) is 63.2 Å². The van der Waals surface area contributed by atoms with E-state index < -0.39 is 15.9 Å². The minimum atomic E-state index is -3.55. The molecule has 1 unspecified atom stereocenters. The maximum Gasteiger partial charge on any atom is 0.275 e. The lowest BCUT2D eigenvalue weighted by molar-refractivity contribution is 0.0984. The molecule has 0 fully saturated rings. The summed E-state index contributed by atoms with van der Waals surface area (Å²) in [5.41, 5.74) is 0. The van der Waals surface area contributed by atoms with Gasteiger partial charge < -0.3 is 0 Å². The highest BCUT2D eigenvalue weighted by Gasteiger charge is 2.20. The Kier molecular flexibility index (Phi) is 5.15. The molecule has 17 heavy (non-hydrogen) atoms. The van der Waals surface area contributed by atoms with Gasteiger partial charge in [-0.15, -0.1) is 11.3 Å². The van der Waals surface area contributed by atoms with E-state index in [1.165, 1.54) is 11.3 Å². The van der Waals surface area contributed by atoms with Crippen LogP contribution in [0.2, 0.25) is 0 Å². The van der Waals surface area contributed by atoms with Gasteiger partial charge in [0, 0.05) is 4.47 Å². The molecule has 1 aromatic rings. The van der Waals surface area contributed by atoms with E-state index in [4.69, 9.17) is 0 Å². The molecule has 96 valence electrons. The summed E-state index contributed by atoms with van der Waals surface area (Å²) in [6.07, 6.45) is 0.762. The molecule has 1 rings (SSSR count). The van der Waals surface area contributed by atoms with Crippen molar-refractivity contribution in [3.8, 4) is 0 Å². The molecule has 0 saturated carbocycles. The molecule has 0 bridgehead atoms. The number of hydrogen-bond acceptors (Lipinski definition) is 4. The smallest absolute Gasteiger partial charge is 0.267 e. The standard InChI is InChI=1S/C10H14BrNO3S2/c1-3-7(2)6-17(14,15)12-10(13)9-8(11)4-5-16-9/h4-5,7H,3,6H2,1-2H3,(H,12,13). The molecule has 0 radical (unpaired) electrons. The zero-order valence-corrected chi connectivity index (χ0v) is 12.8. The lowest BCUT2D eigenvalue weighted by Gasteiger charge is -2.10. The predicted octanol–water partition coefficient (Wildman–Crippen LogP) is 2.62. The summed E-state index contributed by atoms with van der Waals surface area (Å²) in [6, 6.07) is 1.71. The van der Waals surface area contributed by atoms with Crippen molar-refractivity contribution < 1.29 is 13.2 Å². The van der Waals surface area contributed by atoms with E-state index in [-0.39, 0.29) is 11.7 Å². The Labute approximate surface area is 114 Å². The van der Waals surface area contributed by atoms with E-state index in [9.17, 15) is 13.2 Å². The van der Waals surface area contributed by atoms with Crippen LogP contribution >= 0.6 is 27.3 Å².